The Bertz CT molecular complexity index is 620. The van der Waals surface area contributed by atoms with Gasteiger partial charge >= 0.3 is 0 Å². The maximum Gasteiger partial charge on any atom is 0.255 e. The van der Waals surface area contributed by atoms with Crippen molar-refractivity contribution in [3.63, 3.8) is 0 Å². The van der Waals surface area contributed by atoms with Gasteiger partial charge in [0.1, 0.15) is 17.5 Å². The summed E-state index contributed by atoms with van der Waals surface area (Å²) in [6.07, 6.45) is 0. The van der Waals surface area contributed by atoms with Crippen molar-refractivity contribution in [3.05, 3.63) is 65.0 Å². The predicted molar refractivity (Wildman–Crippen MR) is 65.4 cm³/mol. The third-order valence-corrected chi connectivity index (χ3v) is 2.49. The molecule has 0 aromatic heterocycles. The molecule has 0 saturated carbocycles. The molecule has 2 aromatic carbocycles. The van der Waals surface area contributed by atoms with Crippen LogP contribution in [0.1, 0.15) is 15.9 Å². The Morgan fingerprint density at radius 3 is 2.26 bits per heavy atom. The van der Waals surface area contributed by atoms with E-state index < -0.39 is 23.4 Å². The fourth-order valence-corrected chi connectivity index (χ4v) is 1.61. The minimum Gasteiger partial charge on any atom is -0.319 e. The zero-order chi connectivity index (χ0) is 14.0. The molecule has 0 aliphatic heterocycles. The van der Waals surface area contributed by atoms with Crippen LogP contribution in [0.25, 0.3) is 0 Å². The summed E-state index contributed by atoms with van der Waals surface area (Å²) in [7, 11) is 0. The van der Waals surface area contributed by atoms with E-state index in [9.17, 15) is 18.0 Å². The number of rotatable bonds is 2. The maximum absolute atomic E-state index is 13.4. The minimum atomic E-state index is -0.866. The molecule has 0 fully saturated rings. The van der Waals surface area contributed by atoms with Gasteiger partial charge in [-0.2, -0.15) is 0 Å². The normalized spacial score (nSPS) is 10.3. The number of halogens is 3. The SMILES string of the molecule is Cc1ccc(F)c(NC(=O)c2cc(F)cc(F)c2)c1. The molecule has 0 spiro atoms. The Morgan fingerprint density at radius 1 is 1.00 bits per heavy atom. The number of hydrogen-bond acceptors (Lipinski definition) is 1. The molecule has 19 heavy (non-hydrogen) atoms. The van der Waals surface area contributed by atoms with Crippen molar-refractivity contribution in [1.29, 1.82) is 0 Å². The van der Waals surface area contributed by atoms with E-state index in [-0.39, 0.29) is 11.3 Å². The average Bonchev–Trinajstić information content (AvgIpc) is 2.32. The van der Waals surface area contributed by atoms with Gasteiger partial charge in [-0.25, -0.2) is 13.2 Å². The largest absolute Gasteiger partial charge is 0.319 e. The summed E-state index contributed by atoms with van der Waals surface area (Å²) in [6, 6.07) is 6.61. The van der Waals surface area contributed by atoms with Crippen LogP contribution in [0.3, 0.4) is 0 Å². The molecule has 0 saturated heterocycles. The molecule has 1 N–H and O–H groups in total. The zero-order valence-corrected chi connectivity index (χ0v) is 10.0. The number of nitrogens with one attached hydrogen (secondary N) is 1. The number of carbonyl (C=O) groups is 1. The van der Waals surface area contributed by atoms with Crippen molar-refractivity contribution in [3.8, 4) is 0 Å². The highest BCUT2D eigenvalue weighted by atomic mass is 19.1. The predicted octanol–water partition coefficient (Wildman–Crippen LogP) is 3.66. The second-order valence-corrected chi connectivity index (χ2v) is 4.10. The lowest BCUT2D eigenvalue weighted by Gasteiger charge is -2.07. The molecule has 0 aliphatic rings. The summed E-state index contributed by atoms with van der Waals surface area (Å²) in [6.45, 7) is 1.73. The number of benzene rings is 2. The molecule has 2 aromatic rings. The first-order valence-electron chi connectivity index (χ1n) is 5.49. The standard InChI is InChI=1S/C14H10F3NO/c1-8-2-3-12(17)13(4-8)18-14(19)9-5-10(15)7-11(16)6-9/h2-7H,1H3,(H,18,19). The van der Waals surface area contributed by atoms with Crippen LogP contribution in [0.15, 0.2) is 36.4 Å². The molecule has 1 amide bonds. The van der Waals surface area contributed by atoms with Crippen LogP contribution in [0.5, 0.6) is 0 Å². The van der Waals surface area contributed by atoms with Gasteiger partial charge in [0.05, 0.1) is 5.69 Å². The van der Waals surface area contributed by atoms with Crippen molar-refractivity contribution < 1.29 is 18.0 Å². The molecular weight excluding hydrogens is 255 g/mol. The molecule has 0 atom stereocenters. The Labute approximate surface area is 107 Å². The molecule has 2 rings (SSSR count). The summed E-state index contributed by atoms with van der Waals surface area (Å²) in [5.41, 5.74) is 0.509. The zero-order valence-electron chi connectivity index (χ0n) is 10.0. The summed E-state index contributed by atoms with van der Waals surface area (Å²) >= 11 is 0. The summed E-state index contributed by atoms with van der Waals surface area (Å²) in [5.74, 6) is -3.12. The van der Waals surface area contributed by atoms with E-state index in [1.807, 2.05) is 0 Å². The third-order valence-electron chi connectivity index (χ3n) is 2.49. The summed E-state index contributed by atoms with van der Waals surface area (Å²) in [4.78, 5) is 11.8. The van der Waals surface area contributed by atoms with Gasteiger partial charge in [0.25, 0.3) is 5.91 Å². The lowest BCUT2D eigenvalue weighted by molar-refractivity contribution is 0.102. The van der Waals surface area contributed by atoms with Crippen molar-refractivity contribution in [2.45, 2.75) is 6.92 Å². The number of anilines is 1. The lowest BCUT2D eigenvalue weighted by atomic mass is 10.1. The van der Waals surface area contributed by atoms with E-state index in [4.69, 9.17) is 0 Å². The quantitative estimate of drug-likeness (QED) is 0.882. The van der Waals surface area contributed by atoms with Crippen molar-refractivity contribution >= 4 is 11.6 Å². The molecule has 0 unspecified atom stereocenters. The van der Waals surface area contributed by atoms with E-state index in [0.29, 0.717) is 6.07 Å². The van der Waals surface area contributed by atoms with Crippen LogP contribution in [-0.2, 0) is 0 Å². The molecule has 0 radical (unpaired) electrons. The fourth-order valence-electron chi connectivity index (χ4n) is 1.61. The van der Waals surface area contributed by atoms with Crippen LogP contribution in [-0.4, -0.2) is 5.91 Å². The fraction of sp³-hybridized carbons (Fsp3) is 0.0714. The second-order valence-electron chi connectivity index (χ2n) is 4.10. The van der Waals surface area contributed by atoms with Crippen molar-refractivity contribution in [1.82, 2.24) is 0 Å². The Hall–Kier alpha value is -2.30. The van der Waals surface area contributed by atoms with Crippen LogP contribution < -0.4 is 5.32 Å². The first-order chi connectivity index (χ1) is 8.95. The van der Waals surface area contributed by atoms with Crippen LogP contribution in [0.2, 0.25) is 0 Å². The van der Waals surface area contributed by atoms with Gasteiger partial charge in [0.15, 0.2) is 0 Å². The van der Waals surface area contributed by atoms with E-state index in [1.165, 1.54) is 12.1 Å². The Kier molecular flexibility index (Phi) is 3.55. The Balaban J connectivity index is 2.28. The van der Waals surface area contributed by atoms with Gasteiger partial charge < -0.3 is 5.32 Å². The lowest BCUT2D eigenvalue weighted by Crippen LogP contribution is -2.13. The van der Waals surface area contributed by atoms with Gasteiger partial charge in [-0.1, -0.05) is 6.07 Å². The van der Waals surface area contributed by atoms with Gasteiger partial charge in [0.2, 0.25) is 0 Å². The Morgan fingerprint density at radius 2 is 1.63 bits per heavy atom. The van der Waals surface area contributed by atoms with Crippen LogP contribution >= 0.6 is 0 Å². The highest BCUT2D eigenvalue weighted by Gasteiger charge is 2.11. The van der Waals surface area contributed by atoms with E-state index >= 15 is 0 Å². The molecule has 0 bridgehead atoms. The molecule has 0 heterocycles. The number of carbonyl (C=O) groups excluding carboxylic acids is 1. The van der Waals surface area contributed by atoms with Gasteiger partial charge in [-0.05, 0) is 36.8 Å². The topological polar surface area (TPSA) is 29.1 Å². The van der Waals surface area contributed by atoms with Crippen LogP contribution in [0, 0.1) is 24.4 Å². The summed E-state index contributed by atoms with van der Waals surface area (Å²) in [5, 5.41) is 2.27. The van der Waals surface area contributed by atoms with E-state index in [2.05, 4.69) is 5.32 Å². The number of aryl methyl sites for hydroxylation is 1. The first-order valence-corrected chi connectivity index (χ1v) is 5.49. The minimum absolute atomic E-state index is 0.0327. The highest BCUT2D eigenvalue weighted by molar-refractivity contribution is 6.04. The number of amides is 1. The van der Waals surface area contributed by atoms with Gasteiger partial charge in [-0.3, -0.25) is 4.79 Å². The average molecular weight is 265 g/mol. The van der Waals surface area contributed by atoms with E-state index in [1.54, 1.807) is 13.0 Å². The molecule has 2 nitrogen and oxygen atoms in total. The van der Waals surface area contributed by atoms with Gasteiger partial charge in [0, 0.05) is 11.6 Å². The third kappa shape index (κ3) is 3.13. The highest BCUT2D eigenvalue weighted by Crippen LogP contribution is 2.17. The smallest absolute Gasteiger partial charge is 0.255 e. The van der Waals surface area contributed by atoms with Crippen molar-refractivity contribution in [2.24, 2.45) is 0 Å². The first kappa shape index (κ1) is 13.1. The van der Waals surface area contributed by atoms with Crippen molar-refractivity contribution in [2.75, 3.05) is 5.32 Å². The molecule has 5 heteroatoms. The molecule has 98 valence electrons. The maximum atomic E-state index is 13.4. The monoisotopic (exact) mass is 265 g/mol. The second kappa shape index (κ2) is 5.14. The molecule has 0 aliphatic carbocycles. The van der Waals surface area contributed by atoms with Gasteiger partial charge in [-0.15, -0.1) is 0 Å². The summed E-state index contributed by atoms with van der Waals surface area (Å²) < 4.78 is 39.4. The van der Waals surface area contributed by atoms with E-state index in [0.717, 1.165) is 17.7 Å². The number of hydrogen-bond donors (Lipinski definition) is 1. The molecular formula is C14H10F3NO. The van der Waals surface area contributed by atoms with Crippen LogP contribution in [0.4, 0.5) is 18.9 Å².